The fraction of sp³-hybridized carbons (Fsp3) is 0.235. The minimum Gasteiger partial charge on any atom is -0.497 e. The van der Waals surface area contributed by atoms with Gasteiger partial charge in [-0.1, -0.05) is 65.1 Å². The largest absolute Gasteiger partial charge is 0.497 e. The molecule has 0 fully saturated rings. The number of alkyl halides is 3. The molecule has 0 radical (unpaired) electrons. The maximum absolute atomic E-state index is 12.2. The molecular formula is C17H17Cl3N2O2. The molecule has 0 aliphatic heterocycles. The molecule has 1 amide bonds. The van der Waals surface area contributed by atoms with Crippen LogP contribution in [0.3, 0.4) is 0 Å². The van der Waals surface area contributed by atoms with Crippen LogP contribution in [0.5, 0.6) is 5.75 Å². The molecule has 128 valence electrons. The molecule has 0 saturated heterocycles. The molecule has 0 heterocycles. The average molecular weight is 388 g/mol. The molecular weight excluding hydrogens is 371 g/mol. The van der Waals surface area contributed by atoms with E-state index in [1.165, 1.54) is 0 Å². The normalized spacial score (nSPS) is 12.3. The Bertz CT molecular complexity index is 658. The minimum absolute atomic E-state index is 0.197. The molecule has 0 bridgehead atoms. The van der Waals surface area contributed by atoms with Crippen LogP contribution in [0.2, 0.25) is 0 Å². The summed E-state index contributed by atoms with van der Waals surface area (Å²) in [6.45, 7) is 0. The van der Waals surface area contributed by atoms with E-state index in [1.807, 2.05) is 30.3 Å². The number of nitrogens with one attached hydrogen (secondary N) is 2. The molecule has 1 unspecified atom stereocenters. The summed E-state index contributed by atoms with van der Waals surface area (Å²) in [5, 5.41) is 5.71. The second-order valence-corrected chi connectivity index (χ2v) is 7.45. The fourth-order valence-electron chi connectivity index (χ4n) is 2.05. The third-order valence-corrected chi connectivity index (χ3v) is 3.90. The average Bonchev–Trinajstić information content (AvgIpc) is 2.55. The second-order valence-electron chi connectivity index (χ2n) is 5.08. The first kappa shape index (κ1) is 18.7. The highest BCUT2D eigenvalue weighted by molar-refractivity contribution is 6.68. The van der Waals surface area contributed by atoms with Crippen LogP contribution in [0.15, 0.2) is 54.6 Å². The number of benzene rings is 2. The summed E-state index contributed by atoms with van der Waals surface area (Å²) in [7, 11) is 1.58. The standard InChI is InChI=1S/C17H17Cl3N2O2/c1-24-14-9-7-13(8-10-14)21-16(17(18,19)20)22-15(23)11-12-5-3-2-4-6-12/h2-10,16,21H,11H2,1H3,(H,22,23). The summed E-state index contributed by atoms with van der Waals surface area (Å²) >= 11 is 18.0. The Morgan fingerprint density at radius 1 is 1.08 bits per heavy atom. The first-order valence-electron chi connectivity index (χ1n) is 7.19. The molecule has 2 N–H and O–H groups in total. The molecule has 7 heteroatoms. The molecule has 0 saturated carbocycles. The summed E-state index contributed by atoms with van der Waals surface area (Å²) < 4.78 is 3.38. The number of carbonyl (C=O) groups excluding carboxylic acids is 1. The van der Waals surface area contributed by atoms with Gasteiger partial charge >= 0.3 is 0 Å². The Balaban J connectivity index is 2.03. The highest BCUT2D eigenvalue weighted by Gasteiger charge is 2.34. The maximum atomic E-state index is 12.2. The zero-order valence-electron chi connectivity index (χ0n) is 12.9. The summed E-state index contributed by atoms with van der Waals surface area (Å²) in [5.74, 6) is 0.456. The van der Waals surface area contributed by atoms with Gasteiger partial charge in [-0.05, 0) is 29.8 Å². The van der Waals surface area contributed by atoms with Crippen LogP contribution >= 0.6 is 34.8 Å². The van der Waals surface area contributed by atoms with Gasteiger partial charge in [-0.2, -0.15) is 0 Å². The summed E-state index contributed by atoms with van der Waals surface area (Å²) in [6, 6.07) is 16.4. The first-order valence-corrected chi connectivity index (χ1v) is 8.32. The van der Waals surface area contributed by atoms with Gasteiger partial charge in [-0.15, -0.1) is 0 Å². The molecule has 4 nitrogen and oxygen atoms in total. The molecule has 0 spiro atoms. The zero-order chi connectivity index (χ0) is 17.6. The van der Waals surface area contributed by atoms with E-state index >= 15 is 0 Å². The van der Waals surface area contributed by atoms with E-state index in [4.69, 9.17) is 39.5 Å². The van der Waals surface area contributed by atoms with Crippen molar-refractivity contribution in [1.29, 1.82) is 0 Å². The number of rotatable bonds is 6. The SMILES string of the molecule is COc1ccc(NC(NC(=O)Cc2ccccc2)C(Cl)(Cl)Cl)cc1. The van der Waals surface area contributed by atoms with Crippen molar-refractivity contribution in [3.05, 3.63) is 60.2 Å². The molecule has 0 aliphatic carbocycles. The number of halogens is 3. The van der Waals surface area contributed by atoms with Crippen LogP contribution in [0, 0.1) is 0 Å². The molecule has 24 heavy (non-hydrogen) atoms. The lowest BCUT2D eigenvalue weighted by molar-refractivity contribution is -0.120. The van der Waals surface area contributed by atoms with E-state index in [2.05, 4.69) is 10.6 Å². The van der Waals surface area contributed by atoms with Crippen LogP contribution < -0.4 is 15.4 Å². The molecule has 0 aliphatic rings. The lowest BCUT2D eigenvalue weighted by Crippen LogP contribution is -2.49. The van der Waals surface area contributed by atoms with Gasteiger partial charge in [-0.25, -0.2) is 0 Å². The van der Waals surface area contributed by atoms with Crippen LogP contribution in [0.1, 0.15) is 5.56 Å². The quantitative estimate of drug-likeness (QED) is 0.578. The number of carbonyl (C=O) groups is 1. The Morgan fingerprint density at radius 3 is 2.25 bits per heavy atom. The van der Waals surface area contributed by atoms with E-state index in [0.29, 0.717) is 11.4 Å². The topological polar surface area (TPSA) is 50.4 Å². The van der Waals surface area contributed by atoms with E-state index in [1.54, 1.807) is 31.4 Å². The monoisotopic (exact) mass is 386 g/mol. The number of hydrogen-bond acceptors (Lipinski definition) is 3. The van der Waals surface area contributed by atoms with Crippen molar-refractivity contribution in [3.8, 4) is 5.75 Å². The van der Waals surface area contributed by atoms with E-state index < -0.39 is 9.96 Å². The van der Waals surface area contributed by atoms with E-state index in [9.17, 15) is 4.79 Å². The van der Waals surface area contributed by atoms with Crippen LogP contribution in [-0.4, -0.2) is 23.0 Å². The Labute approximate surface area is 156 Å². The van der Waals surface area contributed by atoms with Crippen molar-refractivity contribution in [2.24, 2.45) is 0 Å². The van der Waals surface area contributed by atoms with Gasteiger partial charge in [0.1, 0.15) is 11.9 Å². The van der Waals surface area contributed by atoms with Gasteiger partial charge < -0.3 is 15.4 Å². The Hall–Kier alpha value is -1.62. The minimum atomic E-state index is -1.72. The van der Waals surface area contributed by atoms with Crippen molar-refractivity contribution < 1.29 is 9.53 Å². The third-order valence-electron chi connectivity index (χ3n) is 3.24. The summed E-state index contributed by atoms with van der Waals surface area (Å²) in [5.41, 5.74) is 1.56. The second kappa shape index (κ2) is 8.47. The predicted octanol–water partition coefficient (Wildman–Crippen LogP) is 4.16. The van der Waals surface area contributed by atoms with Crippen molar-refractivity contribution >= 4 is 46.4 Å². The molecule has 2 aromatic rings. The summed E-state index contributed by atoms with van der Waals surface area (Å²) in [4.78, 5) is 12.2. The van der Waals surface area contributed by atoms with Gasteiger partial charge in [0.05, 0.1) is 13.5 Å². The highest BCUT2D eigenvalue weighted by atomic mass is 35.6. The maximum Gasteiger partial charge on any atom is 0.228 e. The van der Waals surface area contributed by atoms with Crippen LogP contribution in [0.25, 0.3) is 0 Å². The Morgan fingerprint density at radius 2 is 1.71 bits per heavy atom. The van der Waals surface area contributed by atoms with Gasteiger partial charge in [0.2, 0.25) is 9.70 Å². The van der Waals surface area contributed by atoms with Gasteiger partial charge in [0, 0.05) is 5.69 Å². The fourth-order valence-corrected chi connectivity index (χ4v) is 2.37. The Kier molecular flexibility index (Phi) is 6.60. The number of amides is 1. The molecule has 2 rings (SSSR count). The number of ether oxygens (including phenoxy) is 1. The predicted molar refractivity (Wildman–Crippen MR) is 99.0 cm³/mol. The van der Waals surface area contributed by atoms with Gasteiger partial charge in [-0.3, -0.25) is 4.79 Å². The first-order chi connectivity index (χ1) is 11.4. The van der Waals surface area contributed by atoms with Crippen molar-refractivity contribution in [1.82, 2.24) is 5.32 Å². The van der Waals surface area contributed by atoms with Gasteiger partial charge in [0.25, 0.3) is 0 Å². The van der Waals surface area contributed by atoms with Crippen molar-refractivity contribution in [2.45, 2.75) is 16.4 Å². The number of hydrogen-bond donors (Lipinski definition) is 2. The smallest absolute Gasteiger partial charge is 0.228 e. The lowest BCUT2D eigenvalue weighted by Gasteiger charge is -2.27. The molecule has 1 atom stereocenters. The summed E-state index contributed by atoms with van der Waals surface area (Å²) in [6.07, 6.45) is -0.686. The van der Waals surface area contributed by atoms with E-state index in [-0.39, 0.29) is 12.3 Å². The van der Waals surface area contributed by atoms with Gasteiger partial charge in [0.15, 0.2) is 0 Å². The van der Waals surface area contributed by atoms with Crippen LogP contribution in [-0.2, 0) is 11.2 Å². The number of methoxy groups -OCH3 is 1. The van der Waals surface area contributed by atoms with Crippen LogP contribution in [0.4, 0.5) is 5.69 Å². The molecule has 0 aromatic heterocycles. The lowest BCUT2D eigenvalue weighted by atomic mass is 10.1. The highest BCUT2D eigenvalue weighted by Crippen LogP contribution is 2.31. The van der Waals surface area contributed by atoms with E-state index in [0.717, 1.165) is 5.56 Å². The third kappa shape index (κ3) is 5.78. The zero-order valence-corrected chi connectivity index (χ0v) is 15.2. The van der Waals surface area contributed by atoms with Crippen molar-refractivity contribution in [3.63, 3.8) is 0 Å². The van der Waals surface area contributed by atoms with Crippen molar-refractivity contribution in [2.75, 3.05) is 12.4 Å². The molecule has 2 aromatic carbocycles. The number of anilines is 1.